The van der Waals surface area contributed by atoms with Crippen LogP contribution in [0.2, 0.25) is 5.02 Å². The van der Waals surface area contributed by atoms with E-state index in [1.807, 2.05) is 0 Å². The first kappa shape index (κ1) is 14.6. The predicted octanol–water partition coefficient (Wildman–Crippen LogP) is 1.84. The number of nitrogens with one attached hydrogen (secondary N) is 1. The zero-order valence-electron chi connectivity index (χ0n) is 10.5. The van der Waals surface area contributed by atoms with Gasteiger partial charge in [0.2, 0.25) is 0 Å². The van der Waals surface area contributed by atoms with Gasteiger partial charge in [-0.2, -0.15) is 0 Å². The molecule has 0 unspecified atom stereocenters. The lowest BCUT2D eigenvalue weighted by atomic mass is 10.1. The summed E-state index contributed by atoms with van der Waals surface area (Å²) in [6.45, 7) is -0.188. The van der Waals surface area contributed by atoms with Crippen molar-refractivity contribution in [2.24, 2.45) is 5.41 Å². The van der Waals surface area contributed by atoms with E-state index in [0.29, 0.717) is 12.8 Å². The van der Waals surface area contributed by atoms with Gasteiger partial charge in [0, 0.05) is 12.6 Å². The van der Waals surface area contributed by atoms with Gasteiger partial charge in [-0.05, 0) is 25.0 Å². The Morgan fingerprint density at radius 2 is 2.15 bits per heavy atom. The van der Waals surface area contributed by atoms with Gasteiger partial charge in [-0.25, -0.2) is 4.39 Å². The van der Waals surface area contributed by atoms with Gasteiger partial charge >= 0.3 is 5.97 Å². The van der Waals surface area contributed by atoms with Gasteiger partial charge in [-0.15, -0.1) is 0 Å². The average molecular weight is 302 g/mol. The summed E-state index contributed by atoms with van der Waals surface area (Å²) in [4.78, 5) is 22.4. The van der Waals surface area contributed by atoms with Crippen molar-refractivity contribution in [3.05, 3.63) is 29.0 Å². The molecule has 2 N–H and O–H groups in total. The fraction of sp³-hybridized carbons (Fsp3) is 0.385. The minimum Gasteiger partial charge on any atom is -0.484 e. The Morgan fingerprint density at radius 1 is 1.45 bits per heavy atom. The summed E-state index contributed by atoms with van der Waals surface area (Å²) in [7, 11) is 0. The molecule has 5 nitrogen and oxygen atoms in total. The number of halogens is 2. The first-order chi connectivity index (χ1) is 9.43. The Kier molecular flexibility index (Phi) is 4.13. The third-order valence-electron chi connectivity index (χ3n) is 3.19. The predicted molar refractivity (Wildman–Crippen MR) is 69.2 cm³/mol. The fourth-order valence-electron chi connectivity index (χ4n) is 1.65. The lowest BCUT2D eigenvalue weighted by Crippen LogP contribution is -2.36. The van der Waals surface area contributed by atoms with Crippen LogP contribution in [0.1, 0.15) is 12.8 Å². The van der Waals surface area contributed by atoms with E-state index in [2.05, 4.69) is 5.32 Å². The summed E-state index contributed by atoms with van der Waals surface area (Å²) in [5.74, 6) is -1.63. The SMILES string of the molecule is O=C(COc1ccc(F)c(Cl)c1)NCC1(C(=O)O)CC1. The molecule has 0 aromatic heterocycles. The summed E-state index contributed by atoms with van der Waals surface area (Å²) in [5, 5.41) is 11.4. The van der Waals surface area contributed by atoms with Gasteiger partial charge in [0.1, 0.15) is 11.6 Å². The van der Waals surface area contributed by atoms with Crippen molar-refractivity contribution in [1.29, 1.82) is 0 Å². The zero-order chi connectivity index (χ0) is 14.8. The first-order valence-electron chi connectivity index (χ1n) is 6.01. The molecule has 0 saturated heterocycles. The summed E-state index contributed by atoms with van der Waals surface area (Å²) in [6.07, 6.45) is 1.13. The van der Waals surface area contributed by atoms with E-state index in [-0.39, 0.29) is 23.9 Å². The number of rotatable bonds is 6. The summed E-state index contributed by atoms with van der Waals surface area (Å²) < 4.78 is 18.0. The van der Waals surface area contributed by atoms with Crippen LogP contribution in [0.15, 0.2) is 18.2 Å². The van der Waals surface area contributed by atoms with Gasteiger partial charge in [0.25, 0.3) is 5.91 Å². The number of amides is 1. The van der Waals surface area contributed by atoms with E-state index in [0.717, 1.165) is 6.07 Å². The molecule has 1 saturated carbocycles. The van der Waals surface area contributed by atoms with E-state index in [1.54, 1.807) is 0 Å². The number of carboxylic acids is 1. The van der Waals surface area contributed by atoms with Gasteiger partial charge < -0.3 is 15.2 Å². The molecule has 20 heavy (non-hydrogen) atoms. The van der Waals surface area contributed by atoms with Crippen molar-refractivity contribution in [1.82, 2.24) is 5.32 Å². The van der Waals surface area contributed by atoms with Crippen molar-refractivity contribution >= 4 is 23.5 Å². The first-order valence-corrected chi connectivity index (χ1v) is 6.39. The van der Waals surface area contributed by atoms with Crippen LogP contribution in [0.25, 0.3) is 0 Å². The maximum atomic E-state index is 12.9. The van der Waals surface area contributed by atoms with Crippen LogP contribution in [0, 0.1) is 11.2 Å². The van der Waals surface area contributed by atoms with Gasteiger partial charge in [0.05, 0.1) is 10.4 Å². The number of carbonyl (C=O) groups excluding carboxylic acids is 1. The second-order valence-electron chi connectivity index (χ2n) is 4.73. The van der Waals surface area contributed by atoms with E-state index in [1.165, 1.54) is 12.1 Å². The van der Waals surface area contributed by atoms with Crippen LogP contribution in [-0.2, 0) is 9.59 Å². The molecule has 2 rings (SSSR count). The maximum absolute atomic E-state index is 12.9. The molecule has 1 amide bonds. The lowest BCUT2D eigenvalue weighted by molar-refractivity contribution is -0.143. The number of carboxylic acid groups (broad SMARTS) is 1. The molecule has 108 valence electrons. The van der Waals surface area contributed by atoms with Crippen molar-refractivity contribution in [3.63, 3.8) is 0 Å². The molecule has 0 spiro atoms. The van der Waals surface area contributed by atoms with Crippen molar-refractivity contribution < 1.29 is 23.8 Å². The van der Waals surface area contributed by atoms with Gasteiger partial charge in [-0.1, -0.05) is 11.6 Å². The normalized spacial score (nSPS) is 15.5. The number of ether oxygens (including phenoxy) is 1. The van der Waals surface area contributed by atoms with E-state index in [4.69, 9.17) is 21.4 Å². The molecule has 1 aromatic carbocycles. The highest BCUT2D eigenvalue weighted by atomic mass is 35.5. The standard InChI is InChI=1S/C13H13ClFNO4/c14-9-5-8(1-2-10(9)15)20-6-11(17)16-7-13(3-4-13)12(18)19/h1-2,5H,3-4,6-7H2,(H,16,17)(H,18,19). The molecule has 1 aliphatic carbocycles. The zero-order valence-corrected chi connectivity index (χ0v) is 11.2. The van der Waals surface area contributed by atoms with Crippen LogP contribution >= 0.6 is 11.6 Å². The van der Waals surface area contributed by atoms with E-state index < -0.39 is 23.1 Å². The Balaban J connectivity index is 1.78. The molecule has 0 radical (unpaired) electrons. The minimum atomic E-state index is -0.899. The third-order valence-corrected chi connectivity index (χ3v) is 3.48. The van der Waals surface area contributed by atoms with Crippen LogP contribution in [-0.4, -0.2) is 30.1 Å². The third kappa shape index (κ3) is 3.39. The molecular weight excluding hydrogens is 289 g/mol. The van der Waals surface area contributed by atoms with Crippen molar-refractivity contribution in [2.45, 2.75) is 12.8 Å². The Morgan fingerprint density at radius 3 is 2.70 bits per heavy atom. The number of aliphatic carboxylic acids is 1. The minimum absolute atomic E-state index is 0.0919. The van der Waals surface area contributed by atoms with Crippen molar-refractivity contribution in [2.75, 3.05) is 13.2 Å². The highest BCUT2D eigenvalue weighted by Gasteiger charge is 2.50. The molecule has 0 aliphatic heterocycles. The number of hydrogen-bond acceptors (Lipinski definition) is 3. The number of carbonyl (C=O) groups is 2. The Bertz CT molecular complexity index is 545. The van der Waals surface area contributed by atoms with Gasteiger partial charge in [0.15, 0.2) is 6.61 Å². The Labute approximate surface area is 119 Å². The lowest BCUT2D eigenvalue weighted by Gasteiger charge is -2.11. The van der Waals surface area contributed by atoms with E-state index >= 15 is 0 Å². The van der Waals surface area contributed by atoms with Crippen LogP contribution < -0.4 is 10.1 Å². The number of hydrogen-bond donors (Lipinski definition) is 2. The average Bonchev–Trinajstić information content (AvgIpc) is 3.19. The van der Waals surface area contributed by atoms with Crippen LogP contribution in [0.3, 0.4) is 0 Å². The largest absolute Gasteiger partial charge is 0.484 e. The molecule has 1 fully saturated rings. The Hall–Kier alpha value is -1.82. The fourth-order valence-corrected chi connectivity index (χ4v) is 1.82. The summed E-state index contributed by atoms with van der Waals surface area (Å²) in [5.41, 5.74) is -0.811. The van der Waals surface area contributed by atoms with Crippen molar-refractivity contribution in [3.8, 4) is 5.75 Å². The topological polar surface area (TPSA) is 75.6 Å². The highest BCUT2D eigenvalue weighted by Crippen LogP contribution is 2.45. The molecule has 7 heteroatoms. The number of benzene rings is 1. The van der Waals surface area contributed by atoms with Crippen LogP contribution in [0.4, 0.5) is 4.39 Å². The second kappa shape index (κ2) is 5.66. The maximum Gasteiger partial charge on any atom is 0.311 e. The molecule has 0 atom stereocenters. The highest BCUT2D eigenvalue weighted by molar-refractivity contribution is 6.30. The smallest absolute Gasteiger partial charge is 0.311 e. The molecule has 0 bridgehead atoms. The quantitative estimate of drug-likeness (QED) is 0.840. The monoisotopic (exact) mass is 301 g/mol. The molecular formula is C13H13ClFNO4. The molecule has 1 aromatic rings. The summed E-state index contributed by atoms with van der Waals surface area (Å²) >= 11 is 5.57. The van der Waals surface area contributed by atoms with Gasteiger partial charge in [-0.3, -0.25) is 9.59 Å². The van der Waals surface area contributed by atoms with Crippen LogP contribution in [0.5, 0.6) is 5.75 Å². The van der Waals surface area contributed by atoms with E-state index in [9.17, 15) is 14.0 Å². The second-order valence-corrected chi connectivity index (χ2v) is 5.13. The molecule has 0 heterocycles. The molecule has 1 aliphatic rings. The summed E-state index contributed by atoms with van der Waals surface area (Å²) in [6, 6.07) is 3.76.